The zero-order valence-corrected chi connectivity index (χ0v) is 14.2. The van der Waals surface area contributed by atoms with Crippen LogP contribution in [0.5, 0.6) is 0 Å². The van der Waals surface area contributed by atoms with Gasteiger partial charge < -0.3 is 5.32 Å². The monoisotopic (exact) mass is 353 g/mol. The number of sulfone groups is 1. The zero-order chi connectivity index (χ0) is 13.8. The Morgan fingerprint density at radius 1 is 1.50 bits per heavy atom. The van der Waals surface area contributed by atoms with Gasteiger partial charge in [-0.25, -0.2) is 8.42 Å². The number of hydrogen-bond donors (Lipinski definition) is 1. The Labute approximate surface area is 122 Å². The van der Waals surface area contributed by atoms with E-state index in [1.165, 1.54) is 10.4 Å². The number of rotatable bonds is 7. The van der Waals surface area contributed by atoms with Crippen LogP contribution in [0.4, 0.5) is 0 Å². The fraction of sp³-hybridized carbons (Fsp3) is 0.667. The molecule has 18 heavy (non-hydrogen) atoms. The van der Waals surface area contributed by atoms with E-state index in [1.54, 1.807) is 18.3 Å². The standard InChI is InChI=1S/C12H20BrNO2S2/c1-4-18(15,16)7-5-6-10(14-3)11-8-9(2)12(13)17-11/h8,10,14H,4-7H2,1-3H3. The van der Waals surface area contributed by atoms with Crippen LogP contribution in [0.2, 0.25) is 0 Å². The Bertz CT molecular complexity index is 463. The topological polar surface area (TPSA) is 46.2 Å². The van der Waals surface area contributed by atoms with Crippen LogP contribution >= 0.6 is 27.3 Å². The van der Waals surface area contributed by atoms with Gasteiger partial charge in [0.15, 0.2) is 0 Å². The number of aryl methyl sites for hydroxylation is 1. The fourth-order valence-corrected chi connectivity index (χ4v) is 4.35. The first-order chi connectivity index (χ1) is 8.39. The first-order valence-corrected chi connectivity index (χ1v) is 9.46. The molecule has 1 N–H and O–H groups in total. The minimum absolute atomic E-state index is 0.237. The molecule has 0 aliphatic heterocycles. The second kappa shape index (κ2) is 7.03. The summed E-state index contributed by atoms with van der Waals surface area (Å²) in [5.74, 6) is 0.522. The van der Waals surface area contributed by atoms with E-state index in [-0.39, 0.29) is 17.5 Å². The van der Waals surface area contributed by atoms with E-state index in [9.17, 15) is 8.42 Å². The maximum absolute atomic E-state index is 11.4. The van der Waals surface area contributed by atoms with E-state index in [0.29, 0.717) is 6.42 Å². The molecule has 1 rings (SSSR count). The van der Waals surface area contributed by atoms with Crippen molar-refractivity contribution in [2.45, 2.75) is 32.7 Å². The van der Waals surface area contributed by atoms with Crippen molar-refractivity contribution in [1.82, 2.24) is 5.32 Å². The van der Waals surface area contributed by atoms with Gasteiger partial charge in [0.1, 0.15) is 9.84 Å². The van der Waals surface area contributed by atoms with Gasteiger partial charge in [-0.1, -0.05) is 6.92 Å². The van der Waals surface area contributed by atoms with E-state index in [2.05, 4.69) is 34.2 Å². The molecule has 1 heterocycles. The van der Waals surface area contributed by atoms with Gasteiger partial charge in [-0.15, -0.1) is 11.3 Å². The Morgan fingerprint density at radius 2 is 2.17 bits per heavy atom. The van der Waals surface area contributed by atoms with Crippen LogP contribution in [0.15, 0.2) is 9.85 Å². The second-order valence-corrected chi connectivity index (χ2v) is 9.20. The molecule has 1 aromatic rings. The fourth-order valence-electron chi connectivity index (χ4n) is 1.74. The Hall–Kier alpha value is 0.0900. The van der Waals surface area contributed by atoms with Gasteiger partial charge in [-0.2, -0.15) is 0 Å². The van der Waals surface area contributed by atoms with Crippen LogP contribution in [-0.2, 0) is 9.84 Å². The summed E-state index contributed by atoms with van der Waals surface area (Å²) in [7, 11) is -0.924. The average molecular weight is 354 g/mol. The zero-order valence-electron chi connectivity index (χ0n) is 11.0. The molecule has 0 amide bonds. The Balaban J connectivity index is 2.58. The first kappa shape index (κ1) is 16.1. The molecule has 1 unspecified atom stereocenters. The van der Waals surface area contributed by atoms with Gasteiger partial charge in [0.25, 0.3) is 0 Å². The Morgan fingerprint density at radius 3 is 2.61 bits per heavy atom. The molecule has 0 spiro atoms. The summed E-state index contributed by atoms with van der Waals surface area (Å²) in [6.07, 6.45) is 1.55. The summed E-state index contributed by atoms with van der Waals surface area (Å²) in [5, 5.41) is 3.26. The van der Waals surface area contributed by atoms with Crippen molar-refractivity contribution >= 4 is 37.1 Å². The smallest absolute Gasteiger partial charge is 0.150 e. The average Bonchev–Trinajstić information content (AvgIpc) is 2.65. The summed E-state index contributed by atoms with van der Waals surface area (Å²) in [4.78, 5) is 1.26. The molecule has 3 nitrogen and oxygen atoms in total. The number of nitrogens with one attached hydrogen (secondary N) is 1. The Kier molecular flexibility index (Phi) is 6.30. The van der Waals surface area contributed by atoms with Crippen LogP contribution in [0.3, 0.4) is 0 Å². The summed E-state index contributed by atoms with van der Waals surface area (Å²) < 4.78 is 24.0. The maximum atomic E-state index is 11.4. The van der Waals surface area contributed by atoms with Crippen molar-refractivity contribution in [2.24, 2.45) is 0 Å². The van der Waals surface area contributed by atoms with Gasteiger partial charge in [-0.3, -0.25) is 0 Å². The second-order valence-electron chi connectivity index (χ2n) is 4.33. The van der Waals surface area contributed by atoms with Crippen LogP contribution in [-0.4, -0.2) is 27.0 Å². The molecule has 0 aliphatic carbocycles. The highest BCUT2D eigenvalue weighted by molar-refractivity contribution is 9.11. The summed E-state index contributed by atoms with van der Waals surface area (Å²) >= 11 is 5.23. The third-order valence-electron chi connectivity index (χ3n) is 2.96. The minimum Gasteiger partial charge on any atom is -0.312 e. The van der Waals surface area contributed by atoms with Crippen LogP contribution in [0.25, 0.3) is 0 Å². The molecule has 0 aromatic carbocycles. The largest absolute Gasteiger partial charge is 0.312 e. The molecule has 6 heteroatoms. The third-order valence-corrected chi connectivity index (χ3v) is 7.00. The molecule has 0 saturated carbocycles. The number of thiophene rings is 1. The lowest BCUT2D eigenvalue weighted by Crippen LogP contribution is -2.17. The summed E-state index contributed by atoms with van der Waals surface area (Å²) in [6, 6.07) is 2.40. The van der Waals surface area contributed by atoms with Gasteiger partial charge in [-0.05, 0) is 54.4 Å². The lowest BCUT2D eigenvalue weighted by atomic mass is 10.1. The van der Waals surface area contributed by atoms with Gasteiger partial charge in [0.05, 0.1) is 9.54 Å². The van der Waals surface area contributed by atoms with Crippen molar-refractivity contribution in [3.63, 3.8) is 0 Å². The highest BCUT2D eigenvalue weighted by Crippen LogP contribution is 2.33. The maximum Gasteiger partial charge on any atom is 0.150 e. The lowest BCUT2D eigenvalue weighted by Gasteiger charge is -2.14. The number of hydrogen-bond acceptors (Lipinski definition) is 4. The van der Waals surface area contributed by atoms with Gasteiger partial charge >= 0.3 is 0 Å². The summed E-state index contributed by atoms with van der Waals surface area (Å²) in [6.45, 7) is 3.77. The van der Waals surface area contributed by atoms with Crippen molar-refractivity contribution < 1.29 is 8.42 Å². The molecule has 0 aliphatic rings. The normalized spacial score (nSPS) is 13.8. The molecule has 1 atom stereocenters. The molecular formula is C12H20BrNO2S2. The highest BCUT2D eigenvalue weighted by Gasteiger charge is 2.15. The molecule has 0 bridgehead atoms. The summed E-state index contributed by atoms with van der Waals surface area (Å²) in [5.41, 5.74) is 1.23. The first-order valence-electron chi connectivity index (χ1n) is 6.03. The van der Waals surface area contributed by atoms with Crippen molar-refractivity contribution in [3.05, 3.63) is 20.3 Å². The molecular weight excluding hydrogens is 334 g/mol. The number of halogens is 1. The van der Waals surface area contributed by atoms with Crippen LogP contribution in [0, 0.1) is 6.92 Å². The highest BCUT2D eigenvalue weighted by atomic mass is 79.9. The van der Waals surface area contributed by atoms with E-state index in [0.717, 1.165) is 10.2 Å². The van der Waals surface area contributed by atoms with E-state index in [1.807, 2.05) is 7.05 Å². The van der Waals surface area contributed by atoms with Gasteiger partial charge in [0, 0.05) is 16.7 Å². The van der Waals surface area contributed by atoms with Crippen LogP contribution in [0.1, 0.15) is 36.2 Å². The quantitative estimate of drug-likeness (QED) is 0.817. The van der Waals surface area contributed by atoms with E-state index >= 15 is 0 Å². The van der Waals surface area contributed by atoms with E-state index in [4.69, 9.17) is 0 Å². The molecule has 0 saturated heterocycles. The molecule has 104 valence electrons. The van der Waals surface area contributed by atoms with Crippen molar-refractivity contribution in [3.8, 4) is 0 Å². The predicted octanol–water partition coefficient (Wildman–Crippen LogP) is 3.29. The van der Waals surface area contributed by atoms with E-state index < -0.39 is 9.84 Å². The lowest BCUT2D eigenvalue weighted by molar-refractivity contribution is 0.542. The molecule has 0 radical (unpaired) electrons. The molecule has 1 aromatic heterocycles. The minimum atomic E-state index is -2.84. The third kappa shape index (κ3) is 4.64. The van der Waals surface area contributed by atoms with Crippen molar-refractivity contribution in [2.75, 3.05) is 18.6 Å². The van der Waals surface area contributed by atoms with Crippen molar-refractivity contribution in [1.29, 1.82) is 0 Å². The van der Waals surface area contributed by atoms with Crippen LogP contribution < -0.4 is 5.32 Å². The molecule has 0 fully saturated rings. The van der Waals surface area contributed by atoms with Gasteiger partial charge in [0.2, 0.25) is 0 Å². The SMILES string of the molecule is CCS(=O)(=O)CCCC(NC)c1cc(C)c(Br)s1. The predicted molar refractivity (Wildman–Crippen MR) is 82.1 cm³/mol.